The Morgan fingerprint density at radius 2 is 2.00 bits per heavy atom. The molecule has 0 unspecified atom stereocenters. The number of anilines is 1. The topological polar surface area (TPSA) is 79.3 Å². The van der Waals surface area contributed by atoms with E-state index in [1.54, 1.807) is 0 Å². The van der Waals surface area contributed by atoms with Crippen LogP contribution in [0.3, 0.4) is 0 Å². The third-order valence-electron chi connectivity index (χ3n) is 2.30. The fraction of sp³-hybridized carbons (Fsp3) is 0.0833. The normalized spacial score (nSPS) is 10.3. The largest absolute Gasteiger partial charge is 0.477 e. The number of carboxylic acids is 1. The number of nitrogens with zero attached hydrogens (tertiary/aromatic N) is 1. The number of carbonyl (C=O) groups is 2. The summed E-state index contributed by atoms with van der Waals surface area (Å²) in [5.41, 5.74) is 0.0966. The number of thiazole rings is 1. The summed E-state index contributed by atoms with van der Waals surface area (Å²) in [6.45, 7) is 1.25. The Morgan fingerprint density at radius 3 is 2.55 bits per heavy atom. The van der Waals surface area contributed by atoms with Crippen LogP contribution < -0.4 is 5.32 Å². The Kier molecular flexibility index (Phi) is 3.75. The summed E-state index contributed by atoms with van der Waals surface area (Å²) in [6, 6.07) is 2.96. The third kappa shape index (κ3) is 2.80. The zero-order chi connectivity index (χ0) is 14.9. The summed E-state index contributed by atoms with van der Waals surface area (Å²) in [6.07, 6.45) is 0. The van der Waals surface area contributed by atoms with E-state index in [1.807, 2.05) is 0 Å². The van der Waals surface area contributed by atoms with Crippen molar-refractivity contribution in [1.29, 1.82) is 0 Å². The van der Waals surface area contributed by atoms with Crippen molar-refractivity contribution in [3.8, 4) is 11.3 Å². The summed E-state index contributed by atoms with van der Waals surface area (Å²) >= 11 is 0.742. The van der Waals surface area contributed by atoms with Gasteiger partial charge in [0.2, 0.25) is 5.91 Å². The van der Waals surface area contributed by atoms with Crippen molar-refractivity contribution < 1.29 is 23.5 Å². The van der Waals surface area contributed by atoms with Crippen molar-refractivity contribution in [3.63, 3.8) is 0 Å². The highest BCUT2D eigenvalue weighted by atomic mass is 32.1. The molecule has 0 saturated carbocycles. The zero-order valence-corrected chi connectivity index (χ0v) is 10.9. The van der Waals surface area contributed by atoms with E-state index in [-0.39, 0.29) is 21.3 Å². The lowest BCUT2D eigenvalue weighted by Gasteiger charge is -2.00. The number of hydrogen-bond acceptors (Lipinski definition) is 4. The van der Waals surface area contributed by atoms with E-state index in [0.29, 0.717) is 0 Å². The number of nitrogens with one attached hydrogen (secondary N) is 1. The average molecular weight is 298 g/mol. The summed E-state index contributed by atoms with van der Waals surface area (Å²) < 4.78 is 26.1. The van der Waals surface area contributed by atoms with E-state index in [1.165, 1.54) is 13.0 Å². The Hall–Kier alpha value is -2.35. The van der Waals surface area contributed by atoms with Crippen LogP contribution >= 0.6 is 11.3 Å². The lowest BCUT2D eigenvalue weighted by molar-refractivity contribution is -0.114. The number of benzene rings is 1. The molecule has 2 aromatic rings. The average Bonchev–Trinajstić information content (AvgIpc) is 2.76. The van der Waals surface area contributed by atoms with E-state index in [9.17, 15) is 18.4 Å². The van der Waals surface area contributed by atoms with Crippen molar-refractivity contribution in [2.75, 3.05) is 5.32 Å². The number of amides is 1. The number of aromatic carboxylic acids is 1. The standard InChI is InChI=1S/C12H8F2N2O3S/c1-5(17)15-12-16-9(10(20-12)11(18)19)6-2-3-7(13)8(14)4-6/h2-4H,1H3,(H,18,19)(H,15,16,17). The van der Waals surface area contributed by atoms with Gasteiger partial charge >= 0.3 is 5.97 Å². The fourth-order valence-corrected chi connectivity index (χ4v) is 2.38. The monoisotopic (exact) mass is 298 g/mol. The van der Waals surface area contributed by atoms with Gasteiger partial charge in [0.15, 0.2) is 16.8 Å². The molecule has 20 heavy (non-hydrogen) atoms. The predicted molar refractivity (Wildman–Crippen MR) is 68.7 cm³/mol. The molecule has 2 N–H and O–H groups in total. The molecular weight excluding hydrogens is 290 g/mol. The highest BCUT2D eigenvalue weighted by molar-refractivity contribution is 7.18. The molecule has 2 rings (SSSR count). The smallest absolute Gasteiger partial charge is 0.348 e. The maximum atomic E-state index is 13.2. The molecule has 8 heteroatoms. The van der Waals surface area contributed by atoms with Gasteiger partial charge in [-0.2, -0.15) is 0 Å². The van der Waals surface area contributed by atoms with E-state index in [4.69, 9.17) is 5.11 Å². The minimum absolute atomic E-state index is 0.0230. The summed E-state index contributed by atoms with van der Waals surface area (Å²) in [4.78, 5) is 25.8. The fourth-order valence-electron chi connectivity index (χ4n) is 1.51. The van der Waals surface area contributed by atoms with Gasteiger partial charge in [0.1, 0.15) is 4.88 Å². The van der Waals surface area contributed by atoms with Crippen LogP contribution in [0.4, 0.5) is 13.9 Å². The lowest BCUT2D eigenvalue weighted by Crippen LogP contribution is -2.04. The molecule has 1 heterocycles. The van der Waals surface area contributed by atoms with Crippen molar-refractivity contribution in [2.45, 2.75) is 6.92 Å². The third-order valence-corrected chi connectivity index (χ3v) is 3.26. The van der Waals surface area contributed by atoms with Gasteiger partial charge in [0, 0.05) is 12.5 Å². The second-order valence-corrected chi connectivity index (χ2v) is 4.81. The summed E-state index contributed by atoms with van der Waals surface area (Å²) in [5.74, 6) is -3.82. The van der Waals surface area contributed by atoms with Gasteiger partial charge in [-0.3, -0.25) is 4.79 Å². The number of rotatable bonds is 3. The highest BCUT2D eigenvalue weighted by Gasteiger charge is 2.20. The number of carbonyl (C=O) groups excluding carboxylic acids is 1. The molecule has 1 amide bonds. The SMILES string of the molecule is CC(=O)Nc1nc(-c2ccc(F)c(F)c2)c(C(=O)O)s1. The zero-order valence-electron chi connectivity index (χ0n) is 10.1. The first-order chi connectivity index (χ1) is 9.38. The number of hydrogen-bond donors (Lipinski definition) is 2. The Balaban J connectivity index is 2.53. The number of halogens is 2. The molecular formula is C12H8F2N2O3S. The van der Waals surface area contributed by atoms with Gasteiger partial charge in [-0.15, -0.1) is 0 Å². The second kappa shape index (κ2) is 5.33. The van der Waals surface area contributed by atoms with Crippen LogP contribution in [0, 0.1) is 11.6 Å². The first kappa shape index (κ1) is 14.1. The summed E-state index contributed by atoms with van der Waals surface area (Å²) in [7, 11) is 0. The molecule has 5 nitrogen and oxygen atoms in total. The second-order valence-electron chi connectivity index (χ2n) is 3.81. The molecule has 104 valence electrons. The predicted octanol–water partition coefficient (Wildman–Crippen LogP) is 2.74. The van der Waals surface area contributed by atoms with Crippen LogP contribution in [0.5, 0.6) is 0 Å². The molecule has 0 bridgehead atoms. The first-order valence-corrected chi connectivity index (χ1v) is 6.17. The van der Waals surface area contributed by atoms with Crippen molar-refractivity contribution in [1.82, 2.24) is 4.98 Å². The van der Waals surface area contributed by atoms with E-state index < -0.39 is 23.5 Å². The van der Waals surface area contributed by atoms with Crippen LogP contribution in [-0.2, 0) is 4.79 Å². The van der Waals surface area contributed by atoms with Gasteiger partial charge in [0.05, 0.1) is 5.69 Å². The van der Waals surface area contributed by atoms with Crippen LogP contribution in [0.2, 0.25) is 0 Å². The van der Waals surface area contributed by atoms with E-state index in [2.05, 4.69) is 10.3 Å². The Bertz CT molecular complexity index is 700. The molecule has 0 fully saturated rings. The van der Waals surface area contributed by atoms with E-state index >= 15 is 0 Å². The first-order valence-electron chi connectivity index (χ1n) is 5.35. The lowest BCUT2D eigenvalue weighted by atomic mass is 10.1. The van der Waals surface area contributed by atoms with Crippen LogP contribution in [-0.4, -0.2) is 22.0 Å². The minimum atomic E-state index is -1.26. The maximum absolute atomic E-state index is 13.2. The van der Waals surface area contributed by atoms with Crippen molar-refractivity contribution >= 4 is 28.3 Å². The van der Waals surface area contributed by atoms with Gasteiger partial charge < -0.3 is 10.4 Å². The quantitative estimate of drug-likeness (QED) is 0.913. The number of carboxylic acid groups (broad SMARTS) is 1. The molecule has 0 radical (unpaired) electrons. The summed E-state index contributed by atoms with van der Waals surface area (Å²) in [5, 5.41) is 11.5. The van der Waals surface area contributed by atoms with Crippen LogP contribution in [0.25, 0.3) is 11.3 Å². The Labute approximate surface area is 115 Å². The van der Waals surface area contributed by atoms with E-state index in [0.717, 1.165) is 23.5 Å². The molecule has 0 aliphatic rings. The molecule has 1 aromatic heterocycles. The molecule has 0 aliphatic carbocycles. The Morgan fingerprint density at radius 1 is 1.30 bits per heavy atom. The molecule has 0 saturated heterocycles. The highest BCUT2D eigenvalue weighted by Crippen LogP contribution is 2.31. The van der Waals surface area contributed by atoms with Gasteiger partial charge in [-0.05, 0) is 18.2 Å². The van der Waals surface area contributed by atoms with Crippen molar-refractivity contribution in [2.24, 2.45) is 0 Å². The van der Waals surface area contributed by atoms with Gasteiger partial charge in [-0.1, -0.05) is 11.3 Å². The van der Waals surface area contributed by atoms with Gasteiger partial charge in [0.25, 0.3) is 0 Å². The van der Waals surface area contributed by atoms with Crippen LogP contribution in [0.1, 0.15) is 16.6 Å². The molecule has 0 spiro atoms. The maximum Gasteiger partial charge on any atom is 0.348 e. The van der Waals surface area contributed by atoms with Crippen LogP contribution in [0.15, 0.2) is 18.2 Å². The minimum Gasteiger partial charge on any atom is -0.477 e. The molecule has 1 aromatic carbocycles. The molecule has 0 aliphatic heterocycles. The molecule has 0 atom stereocenters. The number of aromatic nitrogens is 1. The van der Waals surface area contributed by atoms with Gasteiger partial charge in [-0.25, -0.2) is 18.6 Å². The van der Waals surface area contributed by atoms with Crippen molar-refractivity contribution in [3.05, 3.63) is 34.7 Å².